The van der Waals surface area contributed by atoms with Crippen LogP contribution in [0.5, 0.6) is 0 Å². The van der Waals surface area contributed by atoms with Crippen molar-refractivity contribution in [2.24, 2.45) is 0 Å². The standard InChI is InChI=1S/C11H10N2O2/c1-8-2-3-9(7-12)6-10(8)13-5-4-11(14)15/h2-6,13H,1H3,(H,14,15)/b5-4+. The monoisotopic (exact) mass is 202 g/mol. The van der Waals surface area contributed by atoms with Gasteiger partial charge in [-0.05, 0) is 24.6 Å². The SMILES string of the molecule is Cc1ccc(C#N)cc1N/C=C/C(=O)O. The largest absolute Gasteiger partial charge is 0.478 e. The van der Waals surface area contributed by atoms with E-state index in [1.165, 1.54) is 6.20 Å². The molecule has 0 aliphatic rings. The smallest absolute Gasteiger partial charge is 0.329 e. The van der Waals surface area contributed by atoms with Crippen LogP contribution in [0.1, 0.15) is 11.1 Å². The zero-order chi connectivity index (χ0) is 11.3. The minimum Gasteiger partial charge on any atom is -0.478 e. The highest BCUT2D eigenvalue weighted by Gasteiger charge is 1.97. The fraction of sp³-hybridized carbons (Fsp3) is 0.0909. The van der Waals surface area contributed by atoms with Crippen LogP contribution in [-0.2, 0) is 4.79 Å². The van der Waals surface area contributed by atoms with Crippen LogP contribution in [-0.4, -0.2) is 11.1 Å². The third-order valence-electron chi connectivity index (χ3n) is 1.83. The summed E-state index contributed by atoms with van der Waals surface area (Å²) in [6.45, 7) is 1.87. The predicted octanol–water partition coefficient (Wildman–Crippen LogP) is 1.88. The van der Waals surface area contributed by atoms with E-state index in [1.807, 2.05) is 13.0 Å². The Hall–Kier alpha value is -2.28. The Morgan fingerprint density at radius 2 is 2.33 bits per heavy atom. The van der Waals surface area contributed by atoms with E-state index in [0.717, 1.165) is 17.3 Å². The molecule has 1 aromatic carbocycles. The van der Waals surface area contributed by atoms with Gasteiger partial charge in [0.25, 0.3) is 0 Å². The van der Waals surface area contributed by atoms with Crippen molar-refractivity contribution in [3.63, 3.8) is 0 Å². The van der Waals surface area contributed by atoms with Crippen LogP contribution in [0.2, 0.25) is 0 Å². The summed E-state index contributed by atoms with van der Waals surface area (Å²) in [6.07, 6.45) is 2.32. The zero-order valence-electron chi connectivity index (χ0n) is 8.19. The molecular formula is C11H10N2O2. The van der Waals surface area contributed by atoms with E-state index in [-0.39, 0.29) is 0 Å². The topological polar surface area (TPSA) is 73.1 Å². The van der Waals surface area contributed by atoms with Crippen LogP contribution in [0, 0.1) is 18.3 Å². The molecule has 0 atom stereocenters. The van der Waals surface area contributed by atoms with Gasteiger partial charge in [0.2, 0.25) is 0 Å². The van der Waals surface area contributed by atoms with Crippen LogP contribution in [0.15, 0.2) is 30.5 Å². The molecule has 0 heterocycles. The maximum atomic E-state index is 10.2. The quantitative estimate of drug-likeness (QED) is 0.734. The van der Waals surface area contributed by atoms with Crippen molar-refractivity contribution in [2.75, 3.05) is 5.32 Å². The number of benzene rings is 1. The van der Waals surface area contributed by atoms with Crippen LogP contribution < -0.4 is 5.32 Å². The highest BCUT2D eigenvalue weighted by atomic mass is 16.4. The van der Waals surface area contributed by atoms with Gasteiger partial charge in [-0.1, -0.05) is 6.07 Å². The number of nitrogens with zero attached hydrogens (tertiary/aromatic N) is 1. The van der Waals surface area contributed by atoms with Gasteiger partial charge >= 0.3 is 5.97 Å². The summed E-state index contributed by atoms with van der Waals surface area (Å²) in [7, 11) is 0. The molecule has 0 aliphatic heterocycles. The molecule has 0 spiro atoms. The van der Waals surface area contributed by atoms with Crippen LogP contribution in [0.3, 0.4) is 0 Å². The molecule has 76 valence electrons. The summed E-state index contributed by atoms with van der Waals surface area (Å²) < 4.78 is 0. The number of rotatable bonds is 3. The summed E-state index contributed by atoms with van der Waals surface area (Å²) in [5.74, 6) is -1.02. The van der Waals surface area contributed by atoms with Gasteiger partial charge in [0.05, 0.1) is 11.6 Å². The van der Waals surface area contributed by atoms with E-state index in [9.17, 15) is 4.79 Å². The number of carbonyl (C=O) groups is 1. The average molecular weight is 202 g/mol. The molecule has 15 heavy (non-hydrogen) atoms. The van der Waals surface area contributed by atoms with Gasteiger partial charge in [-0.15, -0.1) is 0 Å². The summed E-state index contributed by atoms with van der Waals surface area (Å²) in [5, 5.41) is 19.9. The van der Waals surface area contributed by atoms with Gasteiger partial charge in [0.15, 0.2) is 0 Å². The molecule has 0 aromatic heterocycles. The number of nitriles is 1. The van der Waals surface area contributed by atoms with Crippen LogP contribution in [0.25, 0.3) is 0 Å². The normalized spacial score (nSPS) is 9.87. The van der Waals surface area contributed by atoms with E-state index in [2.05, 4.69) is 5.32 Å². The maximum absolute atomic E-state index is 10.2. The second kappa shape index (κ2) is 4.82. The Balaban J connectivity index is 2.85. The minimum absolute atomic E-state index is 0.534. The number of hydrogen-bond acceptors (Lipinski definition) is 3. The van der Waals surface area contributed by atoms with Crippen molar-refractivity contribution in [3.8, 4) is 6.07 Å². The molecule has 0 saturated carbocycles. The lowest BCUT2D eigenvalue weighted by Gasteiger charge is -2.04. The van der Waals surface area contributed by atoms with E-state index in [1.54, 1.807) is 18.2 Å². The Labute approximate surface area is 87.5 Å². The number of aryl methyl sites for hydroxylation is 1. The fourth-order valence-corrected chi connectivity index (χ4v) is 1.05. The molecule has 0 fully saturated rings. The van der Waals surface area contributed by atoms with Crippen molar-refractivity contribution in [3.05, 3.63) is 41.6 Å². The maximum Gasteiger partial charge on any atom is 0.329 e. The summed E-state index contributed by atoms with van der Waals surface area (Å²) in [5.41, 5.74) is 2.21. The number of carboxylic acid groups (broad SMARTS) is 1. The summed E-state index contributed by atoms with van der Waals surface area (Å²) in [4.78, 5) is 10.2. The number of aliphatic carboxylic acids is 1. The van der Waals surface area contributed by atoms with Gasteiger partial charge in [0, 0.05) is 18.0 Å². The first kappa shape index (κ1) is 10.8. The predicted molar refractivity (Wildman–Crippen MR) is 56.3 cm³/mol. The molecule has 0 aliphatic carbocycles. The zero-order valence-corrected chi connectivity index (χ0v) is 8.19. The third kappa shape index (κ3) is 3.16. The van der Waals surface area contributed by atoms with Crippen LogP contribution in [0.4, 0.5) is 5.69 Å². The molecule has 4 nitrogen and oxygen atoms in total. The first-order valence-electron chi connectivity index (χ1n) is 4.30. The lowest BCUT2D eigenvalue weighted by atomic mass is 10.1. The Morgan fingerprint density at radius 1 is 1.60 bits per heavy atom. The molecule has 0 saturated heterocycles. The van der Waals surface area contributed by atoms with Gasteiger partial charge in [-0.2, -0.15) is 5.26 Å². The molecule has 0 amide bonds. The van der Waals surface area contributed by atoms with Gasteiger partial charge in [-0.3, -0.25) is 0 Å². The molecule has 2 N–H and O–H groups in total. The van der Waals surface area contributed by atoms with E-state index >= 15 is 0 Å². The van der Waals surface area contributed by atoms with Gasteiger partial charge in [0.1, 0.15) is 0 Å². The van der Waals surface area contributed by atoms with Crippen molar-refractivity contribution in [1.29, 1.82) is 5.26 Å². The Morgan fingerprint density at radius 3 is 2.93 bits per heavy atom. The van der Waals surface area contributed by atoms with Crippen molar-refractivity contribution >= 4 is 11.7 Å². The lowest BCUT2D eigenvalue weighted by molar-refractivity contribution is -0.131. The second-order valence-corrected chi connectivity index (χ2v) is 2.96. The van der Waals surface area contributed by atoms with Crippen LogP contribution >= 0.6 is 0 Å². The van der Waals surface area contributed by atoms with E-state index < -0.39 is 5.97 Å². The average Bonchev–Trinajstić information content (AvgIpc) is 2.20. The number of carboxylic acids is 1. The molecule has 1 aromatic rings. The molecule has 4 heteroatoms. The molecule has 0 bridgehead atoms. The Kier molecular flexibility index (Phi) is 3.47. The molecule has 0 radical (unpaired) electrons. The number of nitrogens with one attached hydrogen (secondary N) is 1. The third-order valence-corrected chi connectivity index (χ3v) is 1.83. The first-order valence-corrected chi connectivity index (χ1v) is 4.30. The fourth-order valence-electron chi connectivity index (χ4n) is 1.05. The molecular weight excluding hydrogens is 192 g/mol. The van der Waals surface area contributed by atoms with E-state index in [4.69, 9.17) is 10.4 Å². The van der Waals surface area contributed by atoms with Crippen molar-refractivity contribution < 1.29 is 9.90 Å². The van der Waals surface area contributed by atoms with E-state index in [0.29, 0.717) is 5.56 Å². The first-order chi connectivity index (χ1) is 7.13. The van der Waals surface area contributed by atoms with Crippen molar-refractivity contribution in [1.82, 2.24) is 0 Å². The second-order valence-electron chi connectivity index (χ2n) is 2.96. The highest BCUT2D eigenvalue weighted by molar-refractivity contribution is 5.80. The number of hydrogen-bond donors (Lipinski definition) is 2. The van der Waals surface area contributed by atoms with Crippen molar-refractivity contribution in [2.45, 2.75) is 6.92 Å². The van der Waals surface area contributed by atoms with Gasteiger partial charge < -0.3 is 10.4 Å². The lowest BCUT2D eigenvalue weighted by Crippen LogP contribution is -1.94. The van der Waals surface area contributed by atoms with Gasteiger partial charge in [-0.25, -0.2) is 4.79 Å². The highest BCUT2D eigenvalue weighted by Crippen LogP contribution is 2.16. The summed E-state index contributed by atoms with van der Waals surface area (Å²) >= 11 is 0. The minimum atomic E-state index is -1.02. The number of anilines is 1. The molecule has 0 unspecified atom stereocenters. The summed E-state index contributed by atoms with van der Waals surface area (Å²) in [6, 6.07) is 7.19. The molecule has 1 rings (SSSR count). The Bertz CT molecular complexity index is 444.